The number of hydrogen-bond acceptors (Lipinski definition) is 4. The highest BCUT2D eigenvalue weighted by atomic mass is 79.9. The molecule has 3 aromatic rings. The first kappa shape index (κ1) is 22.2. The average Bonchev–Trinajstić information content (AvgIpc) is 2.78. The Kier molecular flexibility index (Phi) is 7.56. The first-order chi connectivity index (χ1) is 14.9. The summed E-state index contributed by atoms with van der Waals surface area (Å²) in [6.45, 7) is -0.160. The lowest BCUT2D eigenvalue weighted by Gasteiger charge is -2.22. The van der Waals surface area contributed by atoms with Gasteiger partial charge in [0.15, 0.2) is 0 Å². The molecule has 0 aliphatic heterocycles. The van der Waals surface area contributed by atoms with Crippen molar-refractivity contribution in [2.45, 2.75) is 0 Å². The van der Waals surface area contributed by atoms with Crippen molar-refractivity contribution in [3.8, 4) is 0 Å². The van der Waals surface area contributed by atoms with Crippen LogP contribution in [0.2, 0.25) is 0 Å². The zero-order valence-electron chi connectivity index (χ0n) is 17.3. The molecule has 0 aromatic heterocycles. The summed E-state index contributed by atoms with van der Waals surface area (Å²) in [4.78, 5) is 29.0. The second kappa shape index (κ2) is 10.5. The smallest absolute Gasteiger partial charge is 0.260 e. The molecular formula is C24H23BrN4O2. The van der Waals surface area contributed by atoms with Gasteiger partial charge in [-0.2, -0.15) is 5.10 Å². The van der Waals surface area contributed by atoms with Crippen molar-refractivity contribution in [3.05, 3.63) is 94.5 Å². The Balaban J connectivity index is 1.70. The maximum atomic E-state index is 13.0. The number of anilines is 2. The van der Waals surface area contributed by atoms with Crippen LogP contribution in [0.4, 0.5) is 11.4 Å². The van der Waals surface area contributed by atoms with Crippen molar-refractivity contribution < 1.29 is 9.59 Å². The molecule has 0 spiro atoms. The van der Waals surface area contributed by atoms with E-state index in [1.165, 1.54) is 4.90 Å². The highest BCUT2D eigenvalue weighted by Crippen LogP contribution is 2.20. The Hall–Kier alpha value is -3.45. The first-order valence-corrected chi connectivity index (χ1v) is 10.4. The number of nitrogens with zero attached hydrogens (tertiary/aromatic N) is 3. The normalized spacial score (nSPS) is 10.7. The predicted molar refractivity (Wildman–Crippen MR) is 129 cm³/mol. The highest BCUT2D eigenvalue weighted by molar-refractivity contribution is 9.10. The van der Waals surface area contributed by atoms with Gasteiger partial charge in [0, 0.05) is 35.5 Å². The van der Waals surface area contributed by atoms with Gasteiger partial charge in [-0.1, -0.05) is 46.3 Å². The predicted octanol–water partition coefficient (Wildman–Crippen LogP) is 4.31. The summed E-state index contributed by atoms with van der Waals surface area (Å²) in [6.07, 6.45) is 1.57. The lowest BCUT2D eigenvalue weighted by Crippen LogP contribution is -2.39. The van der Waals surface area contributed by atoms with E-state index in [2.05, 4.69) is 26.5 Å². The number of benzene rings is 3. The van der Waals surface area contributed by atoms with Crippen LogP contribution in [0, 0.1) is 0 Å². The number of halogens is 1. The van der Waals surface area contributed by atoms with E-state index >= 15 is 0 Å². The van der Waals surface area contributed by atoms with Crippen molar-refractivity contribution in [1.29, 1.82) is 0 Å². The van der Waals surface area contributed by atoms with Crippen LogP contribution in [0.15, 0.2) is 88.4 Å². The molecule has 3 aromatic carbocycles. The highest BCUT2D eigenvalue weighted by Gasteiger charge is 2.20. The van der Waals surface area contributed by atoms with Gasteiger partial charge in [0.2, 0.25) is 0 Å². The zero-order chi connectivity index (χ0) is 22.2. The van der Waals surface area contributed by atoms with Crippen molar-refractivity contribution >= 4 is 45.3 Å². The lowest BCUT2D eigenvalue weighted by atomic mass is 10.2. The van der Waals surface area contributed by atoms with E-state index in [4.69, 9.17) is 0 Å². The van der Waals surface area contributed by atoms with E-state index in [-0.39, 0.29) is 12.5 Å². The molecule has 0 radical (unpaired) electrons. The summed E-state index contributed by atoms with van der Waals surface area (Å²) >= 11 is 3.39. The van der Waals surface area contributed by atoms with Crippen LogP contribution in [-0.4, -0.2) is 38.7 Å². The van der Waals surface area contributed by atoms with Crippen molar-refractivity contribution in [2.75, 3.05) is 30.4 Å². The molecule has 1 N–H and O–H groups in total. The Labute approximate surface area is 190 Å². The van der Waals surface area contributed by atoms with Gasteiger partial charge in [-0.3, -0.25) is 14.5 Å². The van der Waals surface area contributed by atoms with Gasteiger partial charge in [0.1, 0.15) is 6.54 Å². The summed E-state index contributed by atoms with van der Waals surface area (Å²) in [5, 5.41) is 4.03. The van der Waals surface area contributed by atoms with E-state index < -0.39 is 5.91 Å². The van der Waals surface area contributed by atoms with Gasteiger partial charge in [-0.05, 0) is 54.1 Å². The quantitative estimate of drug-likeness (QED) is 0.406. The van der Waals surface area contributed by atoms with Gasteiger partial charge in [-0.15, -0.1) is 0 Å². The molecule has 0 atom stereocenters. The molecular weight excluding hydrogens is 456 g/mol. The SMILES string of the molecule is CN(C)c1ccc(C=NNC(=O)CN(C(=O)c2ccccc2)c2ccc(Br)cc2)cc1. The second-order valence-electron chi connectivity index (χ2n) is 7.01. The molecule has 31 heavy (non-hydrogen) atoms. The van der Waals surface area contributed by atoms with Crippen LogP contribution in [0.25, 0.3) is 0 Å². The molecule has 6 nitrogen and oxygen atoms in total. The number of amides is 2. The maximum Gasteiger partial charge on any atom is 0.260 e. The minimum absolute atomic E-state index is 0.160. The molecule has 0 fully saturated rings. The molecule has 0 aliphatic rings. The Bertz CT molecular complexity index is 1050. The van der Waals surface area contributed by atoms with E-state index in [0.717, 1.165) is 15.7 Å². The third kappa shape index (κ3) is 6.26. The summed E-state index contributed by atoms with van der Waals surface area (Å²) < 4.78 is 0.887. The maximum absolute atomic E-state index is 13.0. The van der Waals surface area contributed by atoms with Crippen LogP contribution in [0.1, 0.15) is 15.9 Å². The van der Waals surface area contributed by atoms with Gasteiger partial charge >= 0.3 is 0 Å². The minimum atomic E-state index is -0.395. The fourth-order valence-corrected chi connectivity index (χ4v) is 3.12. The Morgan fingerprint density at radius 3 is 2.13 bits per heavy atom. The monoisotopic (exact) mass is 478 g/mol. The molecule has 7 heteroatoms. The number of rotatable bonds is 7. The molecule has 0 saturated heterocycles. The lowest BCUT2D eigenvalue weighted by molar-refractivity contribution is -0.119. The fraction of sp³-hybridized carbons (Fsp3) is 0.125. The van der Waals surface area contributed by atoms with Gasteiger partial charge in [0.25, 0.3) is 11.8 Å². The van der Waals surface area contributed by atoms with E-state index in [1.807, 2.05) is 61.5 Å². The molecule has 0 saturated carbocycles. The Morgan fingerprint density at radius 1 is 0.903 bits per heavy atom. The molecule has 0 aliphatic carbocycles. The third-order valence-electron chi connectivity index (χ3n) is 4.52. The standard InChI is InChI=1S/C24H23BrN4O2/c1-28(2)21-12-8-18(9-13-21)16-26-27-23(30)17-29(22-14-10-20(25)11-15-22)24(31)19-6-4-3-5-7-19/h3-16H,17H2,1-2H3,(H,27,30). The van der Waals surface area contributed by atoms with E-state index in [1.54, 1.807) is 42.6 Å². The third-order valence-corrected chi connectivity index (χ3v) is 5.05. The summed E-state index contributed by atoms with van der Waals surface area (Å²) in [7, 11) is 3.94. The van der Waals surface area contributed by atoms with Crippen molar-refractivity contribution in [3.63, 3.8) is 0 Å². The zero-order valence-corrected chi connectivity index (χ0v) is 18.9. The topological polar surface area (TPSA) is 65.0 Å². The van der Waals surface area contributed by atoms with Crippen LogP contribution >= 0.6 is 15.9 Å². The molecule has 0 unspecified atom stereocenters. The van der Waals surface area contributed by atoms with Crippen molar-refractivity contribution in [1.82, 2.24) is 5.43 Å². The molecule has 2 amide bonds. The number of carbonyl (C=O) groups is 2. The molecule has 0 bridgehead atoms. The minimum Gasteiger partial charge on any atom is -0.378 e. The van der Waals surface area contributed by atoms with Crippen molar-refractivity contribution in [2.24, 2.45) is 5.10 Å². The van der Waals surface area contributed by atoms with Gasteiger partial charge in [0.05, 0.1) is 6.21 Å². The van der Waals surface area contributed by atoms with Gasteiger partial charge < -0.3 is 4.90 Å². The number of carbonyl (C=O) groups excluding carboxylic acids is 2. The fourth-order valence-electron chi connectivity index (χ4n) is 2.85. The number of hydrogen-bond donors (Lipinski definition) is 1. The summed E-state index contributed by atoms with van der Waals surface area (Å²) in [5.41, 5.74) is 5.56. The first-order valence-electron chi connectivity index (χ1n) is 9.66. The molecule has 3 rings (SSSR count). The molecule has 0 heterocycles. The largest absolute Gasteiger partial charge is 0.378 e. The molecule has 158 valence electrons. The summed E-state index contributed by atoms with van der Waals surface area (Å²) in [5.74, 6) is -0.658. The van der Waals surface area contributed by atoms with Crippen LogP contribution < -0.4 is 15.2 Å². The van der Waals surface area contributed by atoms with Crippen LogP contribution in [0.3, 0.4) is 0 Å². The van der Waals surface area contributed by atoms with E-state index in [0.29, 0.717) is 11.3 Å². The van der Waals surface area contributed by atoms with Gasteiger partial charge in [-0.25, -0.2) is 5.43 Å². The Morgan fingerprint density at radius 2 is 1.52 bits per heavy atom. The average molecular weight is 479 g/mol. The number of nitrogens with one attached hydrogen (secondary N) is 1. The second-order valence-corrected chi connectivity index (χ2v) is 7.93. The van der Waals surface area contributed by atoms with Crippen LogP contribution in [0.5, 0.6) is 0 Å². The number of hydrazone groups is 1. The van der Waals surface area contributed by atoms with Crippen LogP contribution in [-0.2, 0) is 4.79 Å². The summed E-state index contributed by atoms with van der Waals surface area (Å²) in [6, 6.07) is 23.9. The van der Waals surface area contributed by atoms with E-state index in [9.17, 15) is 9.59 Å².